The van der Waals surface area contributed by atoms with Gasteiger partial charge in [0.25, 0.3) is 11.5 Å². The molecule has 0 unspecified atom stereocenters. The van der Waals surface area contributed by atoms with Gasteiger partial charge in [0.1, 0.15) is 4.32 Å². The van der Waals surface area contributed by atoms with E-state index < -0.39 is 0 Å². The number of para-hydroxylation sites is 1. The third kappa shape index (κ3) is 4.65. The van der Waals surface area contributed by atoms with E-state index >= 15 is 0 Å². The van der Waals surface area contributed by atoms with Gasteiger partial charge in [0, 0.05) is 30.5 Å². The lowest BCUT2D eigenvalue weighted by molar-refractivity contribution is -0.122. The van der Waals surface area contributed by atoms with E-state index in [9.17, 15) is 9.59 Å². The minimum absolute atomic E-state index is 0.112. The second kappa shape index (κ2) is 10.2. The Labute approximate surface area is 219 Å². The number of amides is 1. The van der Waals surface area contributed by atoms with E-state index in [1.54, 1.807) is 28.7 Å². The van der Waals surface area contributed by atoms with Crippen molar-refractivity contribution in [2.75, 3.05) is 18.0 Å². The highest BCUT2D eigenvalue weighted by Crippen LogP contribution is 2.37. The first kappa shape index (κ1) is 24.1. The van der Waals surface area contributed by atoms with Crippen molar-refractivity contribution in [1.29, 1.82) is 0 Å². The molecule has 2 saturated heterocycles. The van der Waals surface area contributed by atoms with E-state index in [-0.39, 0.29) is 11.5 Å². The molecule has 0 aliphatic carbocycles. The van der Waals surface area contributed by atoms with Crippen molar-refractivity contribution >= 4 is 68.5 Å². The number of halogens is 1. The zero-order chi connectivity index (χ0) is 24.5. The fourth-order valence-corrected chi connectivity index (χ4v) is 6.26. The van der Waals surface area contributed by atoms with Gasteiger partial charge in [0.2, 0.25) is 0 Å². The summed E-state index contributed by atoms with van der Waals surface area (Å²) in [5.74, 6) is -0.197. The average Bonchev–Trinajstić information content (AvgIpc) is 3.03. The monoisotopic (exact) mass is 523 g/mol. The van der Waals surface area contributed by atoms with Crippen LogP contribution in [0.2, 0.25) is 5.02 Å². The molecule has 8 heteroatoms. The number of rotatable bonds is 4. The van der Waals surface area contributed by atoms with E-state index in [0.717, 1.165) is 48.1 Å². The smallest absolute Gasteiger partial charge is 0.266 e. The third-order valence-electron chi connectivity index (χ3n) is 6.67. The van der Waals surface area contributed by atoms with Crippen molar-refractivity contribution in [2.45, 2.75) is 32.2 Å². The van der Waals surface area contributed by atoms with Crippen LogP contribution in [-0.2, 0) is 18.4 Å². The number of anilines is 1. The van der Waals surface area contributed by atoms with Crippen LogP contribution in [0.15, 0.2) is 58.2 Å². The lowest BCUT2D eigenvalue weighted by Gasteiger charge is -2.27. The zero-order valence-corrected chi connectivity index (χ0v) is 21.9. The van der Waals surface area contributed by atoms with Crippen LogP contribution in [0, 0.1) is 0 Å². The first-order valence-electron chi connectivity index (χ1n) is 11.8. The fourth-order valence-electron chi connectivity index (χ4n) is 4.83. The molecule has 3 heterocycles. The van der Waals surface area contributed by atoms with Crippen LogP contribution in [0.5, 0.6) is 0 Å². The Bertz CT molecular complexity index is 1410. The van der Waals surface area contributed by atoms with Crippen LogP contribution < -0.4 is 10.5 Å². The summed E-state index contributed by atoms with van der Waals surface area (Å²) in [5.41, 5.74) is 3.08. The Morgan fingerprint density at radius 3 is 2.43 bits per heavy atom. The molecule has 0 atom stereocenters. The molecule has 0 spiro atoms. The summed E-state index contributed by atoms with van der Waals surface area (Å²) in [6, 6.07) is 15.4. The topological polar surface area (TPSA) is 45.6 Å². The Kier molecular flexibility index (Phi) is 7.00. The van der Waals surface area contributed by atoms with Crippen LogP contribution in [0.4, 0.5) is 5.69 Å². The Hall–Kier alpha value is -2.61. The fraction of sp³-hybridized carbons (Fsp3) is 0.296. The van der Waals surface area contributed by atoms with Gasteiger partial charge in [-0.2, -0.15) is 0 Å². The van der Waals surface area contributed by atoms with Crippen LogP contribution in [-0.4, -0.2) is 32.8 Å². The number of carbonyl (C=O) groups excluding carboxylic acids is 1. The van der Waals surface area contributed by atoms with Crippen molar-refractivity contribution in [3.8, 4) is 0 Å². The predicted octanol–water partition coefficient (Wildman–Crippen LogP) is 5.97. The predicted molar refractivity (Wildman–Crippen MR) is 150 cm³/mol. The molecule has 0 bridgehead atoms. The number of hydrogen-bond acceptors (Lipinski definition) is 5. The van der Waals surface area contributed by atoms with Gasteiger partial charge < -0.3 is 9.47 Å². The SMILES string of the molecule is Cn1c(=O)c(C=C2SC(=S)N(Cc3ccccc3Cl)C2=O)c(N2CCCCCC2)c2ccccc21. The molecule has 5 rings (SSSR count). The number of aromatic nitrogens is 1. The van der Waals surface area contributed by atoms with Gasteiger partial charge >= 0.3 is 0 Å². The first-order valence-corrected chi connectivity index (χ1v) is 13.4. The Morgan fingerprint density at radius 1 is 1.00 bits per heavy atom. The molecule has 2 aliphatic heterocycles. The van der Waals surface area contributed by atoms with Gasteiger partial charge in [-0.1, -0.05) is 84.8 Å². The van der Waals surface area contributed by atoms with E-state index in [1.807, 2.05) is 36.4 Å². The molecule has 0 radical (unpaired) electrons. The van der Waals surface area contributed by atoms with Crippen molar-refractivity contribution in [3.05, 3.63) is 79.9 Å². The van der Waals surface area contributed by atoms with Crippen LogP contribution in [0.3, 0.4) is 0 Å². The summed E-state index contributed by atoms with van der Waals surface area (Å²) in [4.78, 5) is 31.4. The minimum Gasteiger partial charge on any atom is -0.370 e. The highest BCUT2D eigenvalue weighted by Gasteiger charge is 2.33. The molecule has 180 valence electrons. The van der Waals surface area contributed by atoms with Crippen molar-refractivity contribution in [1.82, 2.24) is 9.47 Å². The first-order chi connectivity index (χ1) is 17.0. The second-order valence-corrected chi connectivity index (χ2v) is 11.0. The highest BCUT2D eigenvalue weighted by atomic mass is 35.5. The van der Waals surface area contributed by atoms with Gasteiger partial charge in [-0.05, 0) is 36.6 Å². The number of thiocarbonyl (C=S) groups is 1. The molecule has 1 amide bonds. The number of carbonyl (C=O) groups is 1. The summed E-state index contributed by atoms with van der Waals surface area (Å²) in [6.07, 6.45) is 6.30. The standard InChI is InChI=1S/C27H26ClN3O2S2/c1-29-22-13-7-5-11-19(22)24(30-14-8-2-3-9-15-30)20(25(29)32)16-23-26(33)31(27(34)35-23)17-18-10-4-6-12-21(18)28/h4-7,10-13,16H,2-3,8-9,14-15,17H2,1H3. The van der Waals surface area contributed by atoms with Crippen molar-refractivity contribution < 1.29 is 4.79 Å². The van der Waals surface area contributed by atoms with Crippen molar-refractivity contribution in [2.24, 2.45) is 7.05 Å². The average molecular weight is 524 g/mol. The number of benzene rings is 2. The third-order valence-corrected chi connectivity index (χ3v) is 8.41. The maximum Gasteiger partial charge on any atom is 0.266 e. The van der Waals surface area contributed by atoms with E-state index in [1.165, 1.54) is 24.6 Å². The Balaban J connectivity index is 1.61. The van der Waals surface area contributed by atoms with Crippen LogP contribution in [0.1, 0.15) is 36.8 Å². The van der Waals surface area contributed by atoms with Gasteiger partial charge in [-0.15, -0.1) is 0 Å². The van der Waals surface area contributed by atoms with Gasteiger partial charge in [0.15, 0.2) is 0 Å². The maximum atomic E-state index is 13.6. The second-order valence-electron chi connectivity index (χ2n) is 8.90. The number of pyridine rings is 1. The molecule has 0 N–H and O–H groups in total. The number of fused-ring (bicyclic) bond motifs is 1. The lowest BCUT2D eigenvalue weighted by atomic mass is 10.1. The van der Waals surface area contributed by atoms with Crippen LogP contribution in [0.25, 0.3) is 17.0 Å². The molecule has 3 aromatic rings. The molecular formula is C27H26ClN3O2S2. The normalized spacial score (nSPS) is 18.1. The van der Waals surface area contributed by atoms with Gasteiger partial charge in [-0.25, -0.2) is 0 Å². The van der Waals surface area contributed by atoms with Crippen LogP contribution >= 0.6 is 35.6 Å². The quantitative estimate of drug-likeness (QED) is 0.311. The number of nitrogens with zero attached hydrogens (tertiary/aromatic N) is 3. The maximum absolute atomic E-state index is 13.6. The van der Waals surface area contributed by atoms with Gasteiger partial charge in [0.05, 0.1) is 28.2 Å². The molecule has 35 heavy (non-hydrogen) atoms. The summed E-state index contributed by atoms with van der Waals surface area (Å²) < 4.78 is 2.14. The van der Waals surface area contributed by atoms with E-state index in [4.69, 9.17) is 23.8 Å². The van der Waals surface area contributed by atoms with Crippen molar-refractivity contribution in [3.63, 3.8) is 0 Å². The largest absolute Gasteiger partial charge is 0.370 e. The minimum atomic E-state index is -0.197. The molecule has 0 saturated carbocycles. The summed E-state index contributed by atoms with van der Waals surface area (Å²) in [6.45, 7) is 2.09. The number of hydrogen-bond donors (Lipinski definition) is 0. The van der Waals surface area contributed by atoms with E-state index in [0.29, 0.717) is 26.4 Å². The van der Waals surface area contributed by atoms with E-state index in [2.05, 4.69) is 11.0 Å². The molecule has 5 nitrogen and oxygen atoms in total. The Morgan fingerprint density at radius 2 is 1.69 bits per heavy atom. The number of thioether (sulfide) groups is 1. The highest BCUT2D eigenvalue weighted by molar-refractivity contribution is 8.26. The number of aryl methyl sites for hydroxylation is 1. The molecule has 2 aliphatic rings. The zero-order valence-electron chi connectivity index (χ0n) is 19.5. The molecule has 2 aromatic carbocycles. The van der Waals surface area contributed by atoms with Gasteiger partial charge in [-0.3, -0.25) is 14.5 Å². The summed E-state index contributed by atoms with van der Waals surface area (Å²) in [5, 5.41) is 1.62. The molecule has 1 aromatic heterocycles. The molecular weight excluding hydrogens is 498 g/mol. The molecule has 2 fully saturated rings. The summed E-state index contributed by atoms with van der Waals surface area (Å²) >= 11 is 13.1. The summed E-state index contributed by atoms with van der Waals surface area (Å²) in [7, 11) is 1.79. The lowest BCUT2D eigenvalue weighted by Crippen LogP contribution is -2.30.